The van der Waals surface area contributed by atoms with E-state index < -0.39 is 5.97 Å². The molecule has 0 amide bonds. The first-order valence-electron chi connectivity index (χ1n) is 6.17. The largest absolute Gasteiger partial charge is 0.478 e. The molecule has 0 unspecified atom stereocenters. The Morgan fingerprint density at radius 1 is 1.19 bits per heavy atom. The van der Waals surface area contributed by atoms with Crippen LogP contribution in [0.2, 0.25) is 5.02 Å². The second-order valence-electron chi connectivity index (χ2n) is 4.23. The van der Waals surface area contributed by atoms with Crippen LogP contribution in [0.15, 0.2) is 48.5 Å². The number of carboxylic acids is 1. The molecule has 5 heteroatoms. The van der Waals surface area contributed by atoms with Gasteiger partial charge in [-0.15, -0.1) is 0 Å². The van der Waals surface area contributed by atoms with Gasteiger partial charge in [0.2, 0.25) is 0 Å². The van der Waals surface area contributed by atoms with Crippen LogP contribution in [0.4, 0.5) is 0 Å². The van der Waals surface area contributed by atoms with Gasteiger partial charge in [-0.2, -0.15) is 0 Å². The standard InChI is InChI=1S/C16H13ClO4/c17-13-9-11(6-8-16(19)20)5-7-15(13)21-14-4-2-1-3-12(14)10-18/h1-9,18H,10H2,(H,19,20)/b8-6+. The SMILES string of the molecule is O=C(O)/C=C/c1ccc(Oc2ccccc2CO)c(Cl)c1. The summed E-state index contributed by atoms with van der Waals surface area (Å²) in [6.45, 7) is -0.132. The first kappa shape index (κ1) is 15.1. The third kappa shape index (κ3) is 4.08. The molecule has 0 heterocycles. The van der Waals surface area contributed by atoms with Gasteiger partial charge < -0.3 is 14.9 Å². The van der Waals surface area contributed by atoms with Gasteiger partial charge in [0, 0.05) is 11.6 Å². The second kappa shape index (κ2) is 6.92. The number of hydrogen-bond acceptors (Lipinski definition) is 3. The van der Waals surface area contributed by atoms with Crippen LogP contribution in [0.25, 0.3) is 6.08 Å². The number of carbonyl (C=O) groups is 1. The topological polar surface area (TPSA) is 66.8 Å². The number of ether oxygens (including phenoxy) is 1. The van der Waals surface area contributed by atoms with Gasteiger partial charge in [0.15, 0.2) is 0 Å². The maximum Gasteiger partial charge on any atom is 0.328 e. The molecule has 0 aromatic heterocycles. The van der Waals surface area contributed by atoms with Crippen molar-refractivity contribution >= 4 is 23.6 Å². The molecule has 108 valence electrons. The molecule has 2 rings (SSSR count). The van der Waals surface area contributed by atoms with Crippen molar-refractivity contribution in [2.45, 2.75) is 6.61 Å². The molecule has 4 nitrogen and oxygen atoms in total. The van der Waals surface area contributed by atoms with E-state index in [1.165, 1.54) is 6.08 Å². The molecule has 21 heavy (non-hydrogen) atoms. The Morgan fingerprint density at radius 3 is 2.62 bits per heavy atom. The van der Waals surface area contributed by atoms with Crippen LogP contribution >= 0.6 is 11.6 Å². The highest BCUT2D eigenvalue weighted by molar-refractivity contribution is 6.32. The van der Waals surface area contributed by atoms with Crippen LogP contribution in [0.1, 0.15) is 11.1 Å². The molecule has 0 spiro atoms. The van der Waals surface area contributed by atoms with E-state index in [9.17, 15) is 9.90 Å². The fourth-order valence-electron chi connectivity index (χ4n) is 1.72. The Bertz CT molecular complexity index is 680. The summed E-state index contributed by atoms with van der Waals surface area (Å²) >= 11 is 6.12. The summed E-state index contributed by atoms with van der Waals surface area (Å²) in [6, 6.07) is 12.1. The zero-order valence-corrected chi connectivity index (χ0v) is 11.7. The zero-order valence-electron chi connectivity index (χ0n) is 11.0. The molecular formula is C16H13ClO4. The van der Waals surface area contributed by atoms with Crippen molar-refractivity contribution in [3.63, 3.8) is 0 Å². The van der Waals surface area contributed by atoms with Crippen molar-refractivity contribution in [1.82, 2.24) is 0 Å². The third-order valence-corrected chi connectivity index (χ3v) is 3.03. The van der Waals surface area contributed by atoms with Gasteiger partial charge >= 0.3 is 5.97 Å². The van der Waals surface area contributed by atoms with E-state index in [0.717, 1.165) is 6.08 Å². The smallest absolute Gasteiger partial charge is 0.328 e. The summed E-state index contributed by atoms with van der Waals surface area (Å²) in [6.07, 6.45) is 2.48. The van der Waals surface area contributed by atoms with Crippen LogP contribution in [0.3, 0.4) is 0 Å². The lowest BCUT2D eigenvalue weighted by molar-refractivity contribution is -0.131. The minimum atomic E-state index is -1.02. The zero-order chi connectivity index (χ0) is 15.2. The summed E-state index contributed by atoms with van der Waals surface area (Å²) in [5.74, 6) is -0.0657. The summed E-state index contributed by atoms with van der Waals surface area (Å²) in [5, 5.41) is 18.2. The number of halogens is 1. The predicted octanol–water partition coefficient (Wildman–Crippen LogP) is 3.72. The maximum atomic E-state index is 10.5. The number of hydrogen-bond donors (Lipinski definition) is 2. The molecule has 2 N–H and O–H groups in total. The first-order chi connectivity index (χ1) is 10.1. The molecule has 0 aliphatic rings. The fourth-order valence-corrected chi connectivity index (χ4v) is 1.95. The summed E-state index contributed by atoms with van der Waals surface area (Å²) in [4.78, 5) is 10.5. The molecule has 0 saturated carbocycles. The number of aliphatic carboxylic acids is 1. The average Bonchev–Trinajstić information content (AvgIpc) is 2.48. The van der Waals surface area contributed by atoms with Gasteiger partial charge in [-0.1, -0.05) is 35.9 Å². The Morgan fingerprint density at radius 2 is 1.95 bits per heavy atom. The highest BCUT2D eigenvalue weighted by Crippen LogP contribution is 2.32. The van der Waals surface area contributed by atoms with E-state index in [1.807, 2.05) is 0 Å². The number of carboxylic acid groups (broad SMARTS) is 1. The van der Waals surface area contributed by atoms with Crippen molar-refractivity contribution in [1.29, 1.82) is 0 Å². The second-order valence-corrected chi connectivity index (χ2v) is 4.64. The Balaban J connectivity index is 2.23. The molecule has 0 saturated heterocycles. The Hall–Kier alpha value is -2.30. The van der Waals surface area contributed by atoms with Crippen LogP contribution in [-0.2, 0) is 11.4 Å². The van der Waals surface area contributed by atoms with E-state index in [0.29, 0.717) is 27.6 Å². The molecule has 0 aliphatic heterocycles. The Kier molecular flexibility index (Phi) is 4.98. The molecule has 0 radical (unpaired) electrons. The molecule has 0 fully saturated rings. The van der Waals surface area contributed by atoms with Crippen LogP contribution in [0.5, 0.6) is 11.5 Å². The highest BCUT2D eigenvalue weighted by atomic mass is 35.5. The average molecular weight is 305 g/mol. The number of aliphatic hydroxyl groups excluding tert-OH is 1. The van der Waals surface area contributed by atoms with Gasteiger partial charge in [-0.25, -0.2) is 4.79 Å². The Labute approximate surface area is 126 Å². The van der Waals surface area contributed by atoms with Crippen molar-refractivity contribution in [3.8, 4) is 11.5 Å². The van der Waals surface area contributed by atoms with E-state index in [4.69, 9.17) is 21.4 Å². The lowest BCUT2D eigenvalue weighted by Gasteiger charge is -2.11. The fraction of sp³-hybridized carbons (Fsp3) is 0.0625. The quantitative estimate of drug-likeness (QED) is 0.826. The van der Waals surface area contributed by atoms with Crippen LogP contribution in [0, 0.1) is 0 Å². The highest BCUT2D eigenvalue weighted by Gasteiger charge is 2.07. The number of rotatable bonds is 5. The molecule has 0 aliphatic carbocycles. The minimum absolute atomic E-state index is 0.132. The monoisotopic (exact) mass is 304 g/mol. The maximum absolute atomic E-state index is 10.5. The summed E-state index contributed by atoms with van der Waals surface area (Å²) in [7, 11) is 0. The molecule has 2 aromatic carbocycles. The van der Waals surface area contributed by atoms with E-state index >= 15 is 0 Å². The van der Waals surface area contributed by atoms with Gasteiger partial charge in [0.1, 0.15) is 11.5 Å². The van der Waals surface area contributed by atoms with Crippen molar-refractivity contribution in [2.75, 3.05) is 0 Å². The van der Waals surface area contributed by atoms with Gasteiger partial charge in [0.25, 0.3) is 0 Å². The van der Waals surface area contributed by atoms with E-state index in [1.54, 1.807) is 42.5 Å². The summed E-state index contributed by atoms with van der Waals surface area (Å²) in [5.41, 5.74) is 1.31. The van der Waals surface area contributed by atoms with Crippen molar-refractivity contribution in [3.05, 3.63) is 64.7 Å². The van der Waals surface area contributed by atoms with E-state index in [-0.39, 0.29) is 6.61 Å². The number of para-hydroxylation sites is 1. The minimum Gasteiger partial charge on any atom is -0.478 e. The van der Waals surface area contributed by atoms with Crippen LogP contribution < -0.4 is 4.74 Å². The van der Waals surface area contributed by atoms with Gasteiger partial charge in [-0.05, 0) is 29.8 Å². The van der Waals surface area contributed by atoms with Gasteiger partial charge in [-0.3, -0.25) is 0 Å². The lowest BCUT2D eigenvalue weighted by atomic mass is 10.2. The van der Waals surface area contributed by atoms with Gasteiger partial charge in [0.05, 0.1) is 11.6 Å². The first-order valence-corrected chi connectivity index (χ1v) is 6.55. The van der Waals surface area contributed by atoms with E-state index in [2.05, 4.69) is 0 Å². The van der Waals surface area contributed by atoms with Crippen molar-refractivity contribution < 1.29 is 19.7 Å². The van der Waals surface area contributed by atoms with Crippen molar-refractivity contribution in [2.24, 2.45) is 0 Å². The third-order valence-electron chi connectivity index (χ3n) is 2.74. The normalized spacial score (nSPS) is 10.8. The number of aliphatic hydroxyl groups is 1. The molecule has 0 bridgehead atoms. The predicted molar refractivity (Wildman–Crippen MR) is 80.6 cm³/mol. The molecule has 0 atom stereocenters. The van der Waals surface area contributed by atoms with Crippen LogP contribution in [-0.4, -0.2) is 16.2 Å². The molecule has 2 aromatic rings. The lowest BCUT2D eigenvalue weighted by Crippen LogP contribution is -1.92. The number of benzene rings is 2. The molecular weight excluding hydrogens is 292 g/mol. The summed E-state index contributed by atoms with van der Waals surface area (Å²) < 4.78 is 5.68.